The number of methoxy groups -OCH3 is 1. The number of benzene rings is 3. The molecule has 1 fully saturated rings. The Bertz CT molecular complexity index is 1480. The van der Waals surface area contributed by atoms with Gasteiger partial charge in [0.25, 0.3) is 17.7 Å². The fourth-order valence-electron chi connectivity index (χ4n) is 3.51. The maximum absolute atomic E-state index is 13.3. The Labute approximate surface area is 239 Å². The molecule has 4 rings (SSSR count). The summed E-state index contributed by atoms with van der Waals surface area (Å²) < 4.78 is 11.9. The number of amides is 5. The van der Waals surface area contributed by atoms with Crippen molar-refractivity contribution in [3.8, 4) is 11.5 Å². The number of hydrogen-bond donors (Lipinski definition) is 2. The van der Waals surface area contributed by atoms with Crippen molar-refractivity contribution in [2.75, 3.05) is 23.9 Å². The molecule has 38 heavy (non-hydrogen) atoms. The van der Waals surface area contributed by atoms with Gasteiger partial charge in [0.15, 0.2) is 6.61 Å². The number of para-hydroxylation sites is 1. The summed E-state index contributed by atoms with van der Waals surface area (Å²) in [6, 6.07) is 15.4. The number of halogens is 3. The predicted octanol–water partition coefficient (Wildman–Crippen LogP) is 5.56. The van der Waals surface area contributed by atoms with E-state index >= 15 is 0 Å². The molecule has 1 heterocycles. The zero-order valence-electron chi connectivity index (χ0n) is 19.6. The molecule has 0 aliphatic carbocycles. The van der Waals surface area contributed by atoms with Crippen molar-refractivity contribution in [3.05, 3.63) is 85.8 Å². The molecule has 2 N–H and O–H groups in total. The minimum atomic E-state index is -0.884. The first-order chi connectivity index (χ1) is 18.2. The zero-order chi connectivity index (χ0) is 27.4. The van der Waals surface area contributed by atoms with E-state index in [1.165, 1.54) is 25.3 Å². The average Bonchev–Trinajstić information content (AvgIpc) is 2.87. The third-order valence-electron chi connectivity index (χ3n) is 5.26. The molecule has 0 atom stereocenters. The number of ether oxygens (including phenoxy) is 2. The van der Waals surface area contributed by atoms with Crippen molar-refractivity contribution in [2.24, 2.45) is 0 Å². The molecule has 3 aromatic rings. The van der Waals surface area contributed by atoms with Gasteiger partial charge in [0, 0.05) is 10.0 Å². The molecule has 194 valence electrons. The fourth-order valence-corrected chi connectivity index (χ4v) is 5.06. The van der Waals surface area contributed by atoms with E-state index in [1.54, 1.807) is 48.5 Å². The van der Waals surface area contributed by atoms with Gasteiger partial charge >= 0.3 is 6.03 Å². The monoisotopic (exact) mass is 661 g/mol. The van der Waals surface area contributed by atoms with E-state index in [0.29, 0.717) is 31.0 Å². The van der Waals surface area contributed by atoms with Gasteiger partial charge in [-0.3, -0.25) is 19.7 Å². The number of hydrogen-bond acceptors (Lipinski definition) is 6. The van der Waals surface area contributed by atoms with E-state index in [0.717, 1.165) is 4.90 Å². The van der Waals surface area contributed by atoms with Gasteiger partial charge in [-0.05, 0) is 70.5 Å². The highest BCUT2D eigenvalue weighted by molar-refractivity contribution is 9.11. The van der Waals surface area contributed by atoms with E-state index in [1.807, 2.05) is 0 Å². The van der Waals surface area contributed by atoms with Crippen molar-refractivity contribution < 1.29 is 28.7 Å². The van der Waals surface area contributed by atoms with Crippen molar-refractivity contribution in [3.63, 3.8) is 0 Å². The molecule has 3 aromatic carbocycles. The number of nitrogens with zero attached hydrogens (tertiary/aromatic N) is 1. The molecule has 0 aromatic heterocycles. The minimum Gasteiger partial charge on any atom is -0.497 e. The smallest absolute Gasteiger partial charge is 0.335 e. The van der Waals surface area contributed by atoms with Crippen LogP contribution in [0.4, 0.5) is 16.2 Å². The minimum absolute atomic E-state index is 0.198. The van der Waals surface area contributed by atoms with Gasteiger partial charge in [-0.15, -0.1) is 0 Å². The molecule has 12 heteroatoms. The third-order valence-corrected chi connectivity index (χ3v) is 6.64. The summed E-state index contributed by atoms with van der Waals surface area (Å²) in [6.07, 6.45) is 1.29. The number of urea groups is 1. The Morgan fingerprint density at radius 1 is 1.08 bits per heavy atom. The van der Waals surface area contributed by atoms with Crippen LogP contribution in [-0.2, 0) is 14.4 Å². The summed E-state index contributed by atoms with van der Waals surface area (Å²) in [5.74, 6) is -1.45. The van der Waals surface area contributed by atoms with Crippen molar-refractivity contribution in [1.29, 1.82) is 0 Å². The van der Waals surface area contributed by atoms with Crippen LogP contribution >= 0.6 is 43.5 Å². The molecule has 1 aliphatic heterocycles. The van der Waals surface area contributed by atoms with Crippen LogP contribution in [0.2, 0.25) is 5.02 Å². The summed E-state index contributed by atoms with van der Waals surface area (Å²) in [7, 11) is 1.49. The van der Waals surface area contributed by atoms with Gasteiger partial charge in [-0.2, -0.15) is 0 Å². The molecule has 0 radical (unpaired) electrons. The van der Waals surface area contributed by atoms with Crippen molar-refractivity contribution in [1.82, 2.24) is 5.32 Å². The second-order valence-electron chi connectivity index (χ2n) is 7.78. The molecular formula is C26H18Br2ClN3O6. The van der Waals surface area contributed by atoms with Crippen LogP contribution in [0, 0.1) is 0 Å². The molecule has 1 aliphatic rings. The number of imide groups is 2. The zero-order valence-corrected chi connectivity index (χ0v) is 23.5. The van der Waals surface area contributed by atoms with Crippen LogP contribution < -0.4 is 25.0 Å². The number of rotatable bonds is 7. The highest BCUT2D eigenvalue weighted by Gasteiger charge is 2.37. The number of carbonyl (C=O) groups excluding carboxylic acids is 4. The lowest BCUT2D eigenvalue weighted by molar-refractivity contribution is -0.122. The third kappa shape index (κ3) is 6.07. The van der Waals surface area contributed by atoms with Gasteiger partial charge in [-0.25, -0.2) is 9.69 Å². The van der Waals surface area contributed by atoms with Gasteiger partial charge < -0.3 is 14.8 Å². The van der Waals surface area contributed by atoms with E-state index in [9.17, 15) is 19.2 Å². The van der Waals surface area contributed by atoms with E-state index in [-0.39, 0.29) is 17.0 Å². The Morgan fingerprint density at radius 3 is 2.47 bits per heavy atom. The topological polar surface area (TPSA) is 114 Å². The van der Waals surface area contributed by atoms with Gasteiger partial charge in [-0.1, -0.05) is 39.7 Å². The summed E-state index contributed by atoms with van der Waals surface area (Å²) in [5, 5.41) is 5.20. The molecule has 0 spiro atoms. The summed E-state index contributed by atoms with van der Waals surface area (Å²) in [6.45, 7) is -0.391. The standard InChI is InChI=1S/C26H18Br2ClN3O6/c1-37-17-8-6-16(7-9-17)32-25(35)18(24(34)31-26(32)36)11-14-10-15(27)12-19(28)23(14)38-13-22(33)30-21-5-3-2-4-20(21)29/h2-12H,13H2,1H3,(H,30,33)(H,31,34,36)/b18-11+. The molecule has 9 nitrogen and oxygen atoms in total. The second kappa shape index (κ2) is 11.8. The Kier molecular flexibility index (Phi) is 8.50. The van der Waals surface area contributed by atoms with Crippen LogP contribution in [0.15, 0.2) is 75.2 Å². The van der Waals surface area contributed by atoms with Crippen LogP contribution in [0.1, 0.15) is 5.56 Å². The number of nitrogens with one attached hydrogen (secondary N) is 2. The Hall–Kier alpha value is -3.67. The Morgan fingerprint density at radius 2 is 1.79 bits per heavy atom. The Balaban J connectivity index is 1.62. The van der Waals surface area contributed by atoms with Crippen molar-refractivity contribution >= 4 is 84.7 Å². The maximum Gasteiger partial charge on any atom is 0.335 e. The van der Waals surface area contributed by atoms with Crippen molar-refractivity contribution in [2.45, 2.75) is 0 Å². The lowest BCUT2D eigenvalue weighted by atomic mass is 10.1. The second-order valence-corrected chi connectivity index (χ2v) is 9.96. The van der Waals surface area contributed by atoms with Gasteiger partial charge in [0.1, 0.15) is 17.1 Å². The van der Waals surface area contributed by atoms with E-state index < -0.39 is 30.4 Å². The predicted molar refractivity (Wildman–Crippen MR) is 149 cm³/mol. The molecular weight excluding hydrogens is 646 g/mol. The highest BCUT2D eigenvalue weighted by atomic mass is 79.9. The van der Waals surface area contributed by atoms with Crippen LogP contribution in [0.5, 0.6) is 11.5 Å². The van der Waals surface area contributed by atoms with Crippen LogP contribution in [0.25, 0.3) is 6.08 Å². The quantitative estimate of drug-likeness (QED) is 0.253. The van der Waals surface area contributed by atoms with Gasteiger partial charge in [0.05, 0.1) is 28.0 Å². The highest BCUT2D eigenvalue weighted by Crippen LogP contribution is 2.35. The molecule has 0 bridgehead atoms. The molecule has 1 saturated heterocycles. The number of barbiturate groups is 1. The van der Waals surface area contributed by atoms with Crippen LogP contribution in [0.3, 0.4) is 0 Å². The maximum atomic E-state index is 13.3. The largest absolute Gasteiger partial charge is 0.497 e. The lowest BCUT2D eigenvalue weighted by Gasteiger charge is -2.26. The SMILES string of the molecule is COc1ccc(N2C(=O)NC(=O)/C(=C\c3cc(Br)cc(Br)c3OCC(=O)Nc3ccccc3Cl)C2=O)cc1. The van der Waals surface area contributed by atoms with Gasteiger partial charge in [0.2, 0.25) is 0 Å². The molecule has 5 amide bonds. The van der Waals surface area contributed by atoms with Crippen LogP contribution in [-0.4, -0.2) is 37.5 Å². The molecule has 0 unspecified atom stereocenters. The summed E-state index contributed by atoms with van der Waals surface area (Å²) >= 11 is 12.9. The summed E-state index contributed by atoms with van der Waals surface area (Å²) in [5.41, 5.74) is 0.665. The first-order valence-electron chi connectivity index (χ1n) is 10.9. The lowest BCUT2D eigenvalue weighted by Crippen LogP contribution is -2.54. The number of carbonyl (C=O) groups is 4. The average molecular weight is 664 g/mol. The first kappa shape index (κ1) is 27.4. The molecule has 0 saturated carbocycles. The van der Waals surface area contributed by atoms with E-state index in [2.05, 4.69) is 42.5 Å². The fraction of sp³-hybridized carbons (Fsp3) is 0.0769. The summed E-state index contributed by atoms with van der Waals surface area (Å²) in [4.78, 5) is 51.8. The first-order valence-corrected chi connectivity index (χ1v) is 12.9. The van der Waals surface area contributed by atoms with E-state index in [4.69, 9.17) is 21.1 Å². The normalized spacial score (nSPS) is 14.4. The number of anilines is 2.